The first-order valence-corrected chi connectivity index (χ1v) is 7.94. The van der Waals surface area contributed by atoms with Crippen LogP contribution in [0.3, 0.4) is 0 Å². The molecule has 1 aromatic rings. The maximum Gasteiger partial charge on any atom is 0.303 e. The van der Waals surface area contributed by atoms with E-state index in [9.17, 15) is 13.2 Å². The van der Waals surface area contributed by atoms with Crippen molar-refractivity contribution in [1.29, 1.82) is 5.26 Å². The molecule has 1 saturated carbocycles. The highest BCUT2D eigenvalue weighted by Crippen LogP contribution is 2.50. The van der Waals surface area contributed by atoms with Crippen LogP contribution in [0.5, 0.6) is 0 Å². The van der Waals surface area contributed by atoms with Crippen molar-refractivity contribution in [3.8, 4) is 6.07 Å². The summed E-state index contributed by atoms with van der Waals surface area (Å²) in [5.41, 5.74) is 0.0856. The summed E-state index contributed by atoms with van der Waals surface area (Å²) in [6.45, 7) is 0. The minimum Gasteiger partial charge on any atom is -0.481 e. The van der Waals surface area contributed by atoms with Crippen molar-refractivity contribution in [3.05, 3.63) is 29.6 Å². The Morgan fingerprint density at radius 3 is 2.75 bits per heavy atom. The molecule has 0 bridgehead atoms. The van der Waals surface area contributed by atoms with Crippen molar-refractivity contribution in [2.24, 2.45) is 5.41 Å². The molecule has 1 heterocycles. The van der Waals surface area contributed by atoms with E-state index in [-0.39, 0.29) is 23.6 Å². The number of rotatable bonds is 6. The third-order valence-corrected chi connectivity index (χ3v) is 5.16. The summed E-state index contributed by atoms with van der Waals surface area (Å²) in [5.74, 6) is -1.27. The topological polar surface area (TPSA) is 108 Å². The molecular formula is C13H14N2O4S. The summed E-state index contributed by atoms with van der Waals surface area (Å²) in [6.07, 6.45) is 2.57. The van der Waals surface area contributed by atoms with E-state index in [0.717, 1.165) is 0 Å². The standard InChI is InChI=1S/C13H14N2O4S/c14-7-11-5-10(1-4-15-11)8-20(18,19)9-13(2-3-13)6-12(16)17/h1,4-5H,2-3,6,8-9H2,(H,16,17). The van der Waals surface area contributed by atoms with Gasteiger partial charge < -0.3 is 5.11 Å². The lowest BCUT2D eigenvalue weighted by Crippen LogP contribution is -2.21. The Kier molecular flexibility index (Phi) is 3.77. The number of carboxylic acids is 1. The SMILES string of the molecule is N#Cc1cc(CS(=O)(=O)CC2(CC(=O)O)CC2)ccn1. The summed E-state index contributed by atoms with van der Waals surface area (Å²) < 4.78 is 24.3. The van der Waals surface area contributed by atoms with E-state index in [2.05, 4.69) is 4.98 Å². The van der Waals surface area contributed by atoms with Gasteiger partial charge in [0.1, 0.15) is 11.8 Å². The van der Waals surface area contributed by atoms with Crippen LogP contribution < -0.4 is 0 Å². The Morgan fingerprint density at radius 2 is 2.20 bits per heavy atom. The summed E-state index contributed by atoms with van der Waals surface area (Å²) in [7, 11) is -3.40. The fourth-order valence-electron chi connectivity index (χ4n) is 2.27. The number of carbonyl (C=O) groups is 1. The third-order valence-electron chi connectivity index (χ3n) is 3.33. The van der Waals surface area contributed by atoms with Gasteiger partial charge in [-0.1, -0.05) is 0 Å². The maximum absolute atomic E-state index is 12.1. The zero-order valence-corrected chi connectivity index (χ0v) is 11.6. The fraction of sp³-hybridized carbons (Fsp3) is 0.462. The number of carboxylic acid groups (broad SMARTS) is 1. The number of aliphatic carboxylic acids is 1. The highest BCUT2D eigenvalue weighted by Gasteiger charge is 2.47. The van der Waals surface area contributed by atoms with Gasteiger partial charge in [-0.25, -0.2) is 13.4 Å². The second-order valence-corrected chi connectivity index (χ2v) is 7.33. The van der Waals surface area contributed by atoms with Gasteiger partial charge in [-0.15, -0.1) is 0 Å². The van der Waals surface area contributed by atoms with Crippen molar-refractivity contribution in [3.63, 3.8) is 0 Å². The van der Waals surface area contributed by atoms with Gasteiger partial charge in [0, 0.05) is 6.20 Å². The molecular weight excluding hydrogens is 280 g/mol. The van der Waals surface area contributed by atoms with Gasteiger partial charge in [0.05, 0.1) is 17.9 Å². The molecule has 0 atom stereocenters. The first-order chi connectivity index (χ1) is 9.34. The van der Waals surface area contributed by atoms with E-state index >= 15 is 0 Å². The van der Waals surface area contributed by atoms with Gasteiger partial charge in [0.25, 0.3) is 0 Å². The van der Waals surface area contributed by atoms with Crippen molar-refractivity contribution in [2.75, 3.05) is 5.75 Å². The quantitative estimate of drug-likeness (QED) is 0.842. The minimum atomic E-state index is -3.40. The van der Waals surface area contributed by atoms with Gasteiger partial charge in [0.2, 0.25) is 0 Å². The van der Waals surface area contributed by atoms with Gasteiger partial charge >= 0.3 is 5.97 Å². The molecule has 1 fully saturated rings. The third kappa shape index (κ3) is 3.78. The molecule has 0 saturated heterocycles. The highest BCUT2D eigenvalue weighted by atomic mass is 32.2. The Balaban J connectivity index is 2.08. The second kappa shape index (κ2) is 5.21. The first-order valence-electron chi connectivity index (χ1n) is 6.11. The summed E-state index contributed by atoms with van der Waals surface area (Å²) in [5, 5.41) is 17.5. The van der Waals surface area contributed by atoms with Gasteiger partial charge in [0.15, 0.2) is 9.84 Å². The highest BCUT2D eigenvalue weighted by molar-refractivity contribution is 7.90. The van der Waals surface area contributed by atoms with E-state index in [1.54, 1.807) is 6.07 Å². The molecule has 1 N–H and O–H groups in total. The Bertz CT molecular complexity index is 672. The average molecular weight is 294 g/mol. The van der Waals surface area contributed by atoms with Gasteiger partial charge in [-0.3, -0.25) is 4.79 Å². The van der Waals surface area contributed by atoms with Gasteiger partial charge in [-0.2, -0.15) is 5.26 Å². The number of sulfone groups is 1. The lowest BCUT2D eigenvalue weighted by atomic mass is 10.1. The molecule has 0 spiro atoms. The summed E-state index contributed by atoms with van der Waals surface area (Å²) in [6, 6.07) is 4.85. The predicted molar refractivity (Wildman–Crippen MR) is 70.4 cm³/mol. The van der Waals surface area contributed by atoms with Crippen molar-refractivity contribution >= 4 is 15.8 Å². The van der Waals surface area contributed by atoms with Crippen LogP contribution in [-0.4, -0.2) is 30.2 Å². The zero-order valence-electron chi connectivity index (χ0n) is 10.7. The number of nitriles is 1. The number of pyridine rings is 1. The molecule has 0 amide bonds. The van der Waals surface area contributed by atoms with Gasteiger partial charge in [-0.05, 0) is 36.0 Å². The van der Waals surface area contributed by atoms with E-state index in [1.165, 1.54) is 12.3 Å². The summed E-state index contributed by atoms with van der Waals surface area (Å²) >= 11 is 0. The van der Waals surface area contributed by atoms with E-state index in [4.69, 9.17) is 10.4 Å². The molecule has 2 rings (SSSR count). The molecule has 106 valence electrons. The van der Waals surface area contributed by atoms with Crippen molar-refractivity contribution < 1.29 is 18.3 Å². The summed E-state index contributed by atoms with van der Waals surface area (Å²) in [4.78, 5) is 14.5. The van der Waals surface area contributed by atoms with Crippen molar-refractivity contribution in [2.45, 2.75) is 25.0 Å². The molecule has 7 heteroatoms. The Hall–Kier alpha value is -1.94. The van der Waals surface area contributed by atoms with Crippen LogP contribution in [-0.2, 0) is 20.4 Å². The lowest BCUT2D eigenvalue weighted by molar-refractivity contribution is -0.138. The number of nitrogens with zero attached hydrogens (tertiary/aromatic N) is 2. The predicted octanol–water partition coefficient (Wildman–Crippen LogP) is 1.12. The molecule has 0 radical (unpaired) electrons. The normalized spacial score (nSPS) is 16.4. The van der Waals surface area contributed by atoms with E-state index in [1.807, 2.05) is 6.07 Å². The molecule has 1 aliphatic carbocycles. The number of aromatic nitrogens is 1. The van der Waals surface area contributed by atoms with Crippen molar-refractivity contribution in [1.82, 2.24) is 4.98 Å². The molecule has 6 nitrogen and oxygen atoms in total. The van der Waals surface area contributed by atoms with Crippen LogP contribution in [0.4, 0.5) is 0 Å². The van der Waals surface area contributed by atoms with Crippen LogP contribution in [0.1, 0.15) is 30.5 Å². The molecule has 0 aliphatic heterocycles. The monoisotopic (exact) mass is 294 g/mol. The second-order valence-electron chi connectivity index (χ2n) is 5.26. The molecule has 1 aromatic heterocycles. The Morgan fingerprint density at radius 1 is 1.50 bits per heavy atom. The number of hydrogen-bond donors (Lipinski definition) is 1. The van der Waals surface area contributed by atoms with E-state index < -0.39 is 21.2 Å². The number of hydrogen-bond acceptors (Lipinski definition) is 5. The Labute approximate surface area is 117 Å². The van der Waals surface area contributed by atoms with Crippen LogP contribution in [0.15, 0.2) is 18.3 Å². The first kappa shape index (κ1) is 14.5. The van der Waals surface area contributed by atoms with Crippen LogP contribution in [0.25, 0.3) is 0 Å². The average Bonchev–Trinajstić information content (AvgIpc) is 3.05. The minimum absolute atomic E-state index is 0.105. The maximum atomic E-state index is 12.1. The van der Waals surface area contributed by atoms with E-state index in [0.29, 0.717) is 18.4 Å². The molecule has 0 unspecified atom stereocenters. The van der Waals surface area contributed by atoms with Crippen LogP contribution in [0.2, 0.25) is 0 Å². The molecule has 20 heavy (non-hydrogen) atoms. The fourth-order valence-corrected chi connectivity index (χ4v) is 4.38. The zero-order chi connectivity index (χ0) is 14.8. The lowest BCUT2D eigenvalue weighted by Gasteiger charge is -2.12. The molecule has 0 aromatic carbocycles. The molecule has 1 aliphatic rings. The largest absolute Gasteiger partial charge is 0.481 e. The van der Waals surface area contributed by atoms with Crippen LogP contribution in [0, 0.1) is 16.7 Å². The van der Waals surface area contributed by atoms with Crippen LogP contribution >= 0.6 is 0 Å². The smallest absolute Gasteiger partial charge is 0.303 e.